The van der Waals surface area contributed by atoms with Gasteiger partial charge in [0, 0.05) is 24.5 Å². The van der Waals surface area contributed by atoms with Gasteiger partial charge in [-0.05, 0) is 39.5 Å². The Balaban J connectivity index is 1.91. The summed E-state index contributed by atoms with van der Waals surface area (Å²) >= 11 is 0. The van der Waals surface area contributed by atoms with Crippen molar-refractivity contribution in [2.75, 3.05) is 17.2 Å². The molecule has 0 atom stereocenters. The standard InChI is InChI=1S/C14H21N7/c1-4-16-11-17-12(20-14(2,3)10-5-6-10)19-13(18-11)21-8-7-15-9-21/h7-10H,4-6H2,1-3H3,(H2,16,17,18,19,20). The third-order valence-electron chi connectivity index (χ3n) is 3.73. The van der Waals surface area contributed by atoms with Crippen LogP contribution >= 0.6 is 0 Å². The maximum Gasteiger partial charge on any atom is 0.241 e. The molecular formula is C14H21N7. The zero-order valence-corrected chi connectivity index (χ0v) is 12.7. The van der Waals surface area contributed by atoms with Gasteiger partial charge < -0.3 is 10.6 Å². The Bertz CT molecular complexity index is 602. The van der Waals surface area contributed by atoms with E-state index in [2.05, 4.69) is 44.4 Å². The average molecular weight is 287 g/mol. The highest BCUT2D eigenvalue weighted by molar-refractivity contribution is 5.40. The van der Waals surface area contributed by atoms with Crippen LogP contribution in [0.2, 0.25) is 0 Å². The lowest BCUT2D eigenvalue weighted by Crippen LogP contribution is -2.34. The van der Waals surface area contributed by atoms with Gasteiger partial charge in [-0.25, -0.2) is 4.98 Å². The van der Waals surface area contributed by atoms with Crippen molar-refractivity contribution in [1.29, 1.82) is 0 Å². The number of rotatable bonds is 6. The topological polar surface area (TPSA) is 80.5 Å². The fourth-order valence-electron chi connectivity index (χ4n) is 2.35. The molecule has 2 aromatic rings. The molecule has 0 radical (unpaired) electrons. The van der Waals surface area contributed by atoms with E-state index >= 15 is 0 Å². The van der Waals surface area contributed by atoms with E-state index < -0.39 is 0 Å². The summed E-state index contributed by atoms with van der Waals surface area (Å²) < 4.78 is 1.78. The van der Waals surface area contributed by atoms with Gasteiger partial charge >= 0.3 is 0 Å². The molecule has 21 heavy (non-hydrogen) atoms. The number of aromatic nitrogens is 5. The van der Waals surface area contributed by atoms with Crippen LogP contribution in [0.5, 0.6) is 0 Å². The second-order valence-corrected chi connectivity index (χ2v) is 5.90. The van der Waals surface area contributed by atoms with Gasteiger partial charge in [-0.1, -0.05) is 0 Å². The number of anilines is 2. The summed E-state index contributed by atoms with van der Waals surface area (Å²) in [5, 5.41) is 6.59. The first kappa shape index (κ1) is 13.8. The Kier molecular flexibility index (Phi) is 3.48. The van der Waals surface area contributed by atoms with Crippen molar-refractivity contribution in [3.8, 4) is 5.95 Å². The Morgan fingerprint density at radius 3 is 2.62 bits per heavy atom. The number of hydrogen-bond acceptors (Lipinski definition) is 6. The number of nitrogens with zero attached hydrogens (tertiary/aromatic N) is 5. The lowest BCUT2D eigenvalue weighted by atomic mass is 9.99. The van der Waals surface area contributed by atoms with Crippen LogP contribution in [-0.4, -0.2) is 36.6 Å². The molecule has 0 unspecified atom stereocenters. The third kappa shape index (κ3) is 3.12. The minimum absolute atomic E-state index is 0.00293. The van der Waals surface area contributed by atoms with E-state index in [1.165, 1.54) is 12.8 Å². The molecule has 2 N–H and O–H groups in total. The summed E-state index contributed by atoms with van der Waals surface area (Å²) in [5.74, 6) is 2.42. The first-order valence-electron chi connectivity index (χ1n) is 7.35. The quantitative estimate of drug-likeness (QED) is 0.846. The second kappa shape index (κ2) is 5.31. The minimum atomic E-state index is -0.00293. The molecule has 0 aliphatic heterocycles. The zero-order valence-electron chi connectivity index (χ0n) is 12.7. The van der Waals surface area contributed by atoms with Crippen LogP contribution in [0.4, 0.5) is 11.9 Å². The predicted octanol–water partition coefficient (Wildman–Crippen LogP) is 2.09. The monoisotopic (exact) mass is 287 g/mol. The fourth-order valence-corrected chi connectivity index (χ4v) is 2.35. The Labute approximate surface area is 124 Å². The molecule has 112 valence electrons. The summed E-state index contributed by atoms with van der Waals surface area (Å²) in [6.45, 7) is 7.16. The SMILES string of the molecule is CCNc1nc(NC(C)(C)C2CC2)nc(-n2ccnc2)n1. The van der Waals surface area contributed by atoms with Crippen molar-refractivity contribution in [2.45, 2.75) is 39.2 Å². The highest BCUT2D eigenvalue weighted by atomic mass is 15.3. The number of hydrogen-bond donors (Lipinski definition) is 2. The van der Waals surface area contributed by atoms with Crippen molar-refractivity contribution in [3.63, 3.8) is 0 Å². The minimum Gasteiger partial charge on any atom is -0.354 e. The molecule has 0 bridgehead atoms. The zero-order chi connectivity index (χ0) is 14.9. The van der Waals surface area contributed by atoms with Gasteiger partial charge in [0.05, 0.1) is 0 Å². The molecule has 0 saturated heterocycles. The van der Waals surface area contributed by atoms with Gasteiger partial charge in [0.2, 0.25) is 17.8 Å². The van der Waals surface area contributed by atoms with Gasteiger partial charge in [0.25, 0.3) is 0 Å². The molecule has 0 spiro atoms. The summed E-state index contributed by atoms with van der Waals surface area (Å²) in [7, 11) is 0. The first-order chi connectivity index (χ1) is 10.1. The van der Waals surface area contributed by atoms with Crippen molar-refractivity contribution in [2.24, 2.45) is 5.92 Å². The van der Waals surface area contributed by atoms with Crippen molar-refractivity contribution < 1.29 is 0 Å². The van der Waals surface area contributed by atoms with E-state index in [-0.39, 0.29) is 5.54 Å². The summed E-state index contributed by atoms with van der Waals surface area (Å²) in [6.07, 6.45) is 7.73. The van der Waals surface area contributed by atoms with Crippen LogP contribution in [-0.2, 0) is 0 Å². The van der Waals surface area contributed by atoms with E-state index in [1.54, 1.807) is 17.1 Å². The maximum absolute atomic E-state index is 4.50. The summed E-state index contributed by atoms with van der Waals surface area (Å²) in [5.41, 5.74) is -0.00293. The van der Waals surface area contributed by atoms with E-state index in [9.17, 15) is 0 Å². The van der Waals surface area contributed by atoms with Crippen LogP contribution in [0.3, 0.4) is 0 Å². The predicted molar refractivity (Wildman–Crippen MR) is 81.5 cm³/mol. The van der Waals surface area contributed by atoms with Crippen LogP contribution in [0.1, 0.15) is 33.6 Å². The third-order valence-corrected chi connectivity index (χ3v) is 3.73. The molecule has 2 aromatic heterocycles. The van der Waals surface area contributed by atoms with Crippen LogP contribution in [0.25, 0.3) is 5.95 Å². The Hall–Kier alpha value is -2.18. The molecule has 1 aliphatic carbocycles. The smallest absolute Gasteiger partial charge is 0.241 e. The molecule has 2 heterocycles. The molecular weight excluding hydrogens is 266 g/mol. The summed E-state index contributed by atoms with van der Waals surface area (Å²) in [4.78, 5) is 17.4. The summed E-state index contributed by atoms with van der Waals surface area (Å²) in [6, 6.07) is 0. The molecule has 7 nitrogen and oxygen atoms in total. The van der Waals surface area contributed by atoms with E-state index in [0.717, 1.165) is 6.54 Å². The second-order valence-electron chi connectivity index (χ2n) is 5.90. The number of imidazole rings is 1. The van der Waals surface area contributed by atoms with Crippen molar-refractivity contribution in [1.82, 2.24) is 24.5 Å². The largest absolute Gasteiger partial charge is 0.354 e. The molecule has 0 amide bonds. The highest BCUT2D eigenvalue weighted by Gasteiger charge is 2.38. The molecule has 7 heteroatoms. The van der Waals surface area contributed by atoms with Gasteiger partial charge in [0.15, 0.2) is 0 Å². The van der Waals surface area contributed by atoms with Crippen molar-refractivity contribution in [3.05, 3.63) is 18.7 Å². The van der Waals surface area contributed by atoms with E-state index in [4.69, 9.17) is 0 Å². The van der Waals surface area contributed by atoms with Gasteiger partial charge in [-0.2, -0.15) is 15.0 Å². The molecule has 0 aromatic carbocycles. The lowest BCUT2D eigenvalue weighted by molar-refractivity contribution is 0.490. The average Bonchev–Trinajstić information content (AvgIpc) is 3.15. The van der Waals surface area contributed by atoms with Gasteiger partial charge in [-0.15, -0.1) is 0 Å². The van der Waals surface area contributed by atoms with E-state index in [1.807, 2.05) is 13.1 Å². The lowest BCUT2D eigenvalue weighted by Gasteiger charge is -2.26. The van der Waals surface area contributed by atoms with Crippen LogP contribution in [0.15, 0.2) is 18.7 Å². The van der Waals surface area contributed by atoms with Gasteiger partial charge in [-0.3, -0.25) is 4.57 Å². The van der Waals surface area contributed by atoms with E-state index in [0.29, 0.717) is 23.8 Å². The van der Waals surface area contributed by atoms with Gasteiger partial charge in [0.1, 0.15) is 6.33 Å². The Morgan fingerprint density at radius 2 is 2.00 bits per heavy atom. The first-order valence-corrected chi connectivity index (χ1v) is 7.35. The molecule has 1 fully saturated rings. The van der Waals surface area contributed by atoms with Crippen molar-refractivity contribution >= 4 is 11.9 Å². The van der Waals surface area contributed by atoms with Crippen LogP contribution < -0.4 is 10.6 Å². The number of nitrogens with one attached hydrogen (secondary N) is 2. The molecule has 1 saturated carbocycles. The molecule has 3 rings (SSSR count). The molecule has 1 aliphatic rings. The van der Waals surface area contributed by atoms with Crippen LogP contribution in [0, 0.1) is 5.92 Å². The Morgan fingerprint density at radius 1 is 1.24 bits per heavy atom. The normalized spacial score (nSPS) is 15.0. The maximum atomic E-state index is 4.50. The fraction of sp³-hybridized carbons (Fsp3) is 0.571. The highest BCUT2D eigenvalue weighted by Crippen LogP contribution is 2.40.